The molecule has 0 spiro atoms. The third-order valence-electron chi connectivity index (χ3n) is 4.24. The number of furan rings is 1. The van der Waals surface area contributed by atoms with Crippen molar-refractivity contribution in [3.8, 4) is 17.4 Å². The summed E-state index contributed by atoms with van der Waals surface area (Å²) >= 11 is 1.18. The number of thiophene rings is 1. The van der Waals surface area contributed by atoms with Gasteiger partial charge in [-0.25, -0.2) is 4.98 Å². The van der Waals surface area contributed by atoms with Crippen LogP contribution in [-0.4, -0.2) is 10.8 Å². The molecule has 0 saturated carbocycles. The molecule has 0 saturated heterocycles. The number of hydrogen-bond donors (Lipinski definition) is 2. The minimum Gasteiger partial charge on any atom is -0.464 e. The number of carbonyl (C=O) groups is 1. The summed E-state index contributed by atoms with van der Waals surface area (Å²) in [5.74, 6) is 0.432. The van der Waals surface area contributed by atoms with E-state index in [1.807, 2.05) is 30.3 Å². The molecule has 4 aromatic rings. The van der Waals surface area contributed by atoms with Gasteiger partial charge in [0.05, 0.1) is 22.4 Å². The Hall–Kier alpha value is -3.63. The molecule has 6 nitrogen and oxygen atoms in total. The number of aromatic nitrogens is 1. The standard InChI is InChI=1S/C20H14N4O2S/c21-10-12-15(14-7-4-8-26-14)16-17(22)18(27-20(16)24-19(12)23)13(25)9-11-5-2-1-3-6-11/h1-8H,9,22H2,(H2,23,24). The van der Waals surface area contributed by atoms with Crippen LogP contribution in [0.3, 0.4) is 0 Å². The molecular formula is C20H14N4O2S. The van der Waals surface area contributed by atoms with Crippen LogP contribution in [0.2, 0.25) is 0 Å². The summed E-state index contributed by atoms with van der Waals surface area (Å²) < 4.78 is 5.48. The van der Waals surface area contributed by atoms with Crippen LogP contribution in [0.25, 0.3) is 21.5 Å². The number of nitrogens with two attached hydrogens (primary N) is 2. The van der Waals surface area contributed by atoms with E-state index in [0.29, 0.717) is 32.1 Å². The topological polar surface area (TPSA) is 119 Å². The highest BCUT2D eigenvalue weighted by Gasteiger charge is 2.25. The number of anilines is 2. The van der Waals surface area contributed by atoms with E-state index in [2.05, 4.69) is 11.1 Å². The number of nitrogens with zero attached hydrogens (tertiary/aromatic N) is 2. The number of carbonyl (C=O) groups excluding carboxylic acids is 1. The van der Waals surface area contributed by atoms with Crippen molar-refractivity contribution in [2.45, 2.75) is 6.42 Å². The van der Waals surface area contributed by atoms with E-state index < -0.39 is 0 Å². The molecule has 132 valence electrons. The largest absolute Gasteiger partial charge is 0.464 e. The Labute approximate surface area is 158 Å². The Morgan fingerprint density at radius 2 is 1.96 bits per heavy atom. The van der Waals surface area contributed by atoms with Gasteiger partial charge in [0.15, 0.2) is 5.78 Å². The molecule has 7 heteroatoms. The number of hydrogen-bond acceptors (Lipinski definition) is 7. The van der Waals surface area contributed by atoms with Crippen molar-refractivity contribution in [1.29, 1.82) is 5.26 Å². The summed E-state index contributed by atoms with van der Waals surface area (Å²) in [5.41, 5.74) is 14.2. The maximum absolute atomic E-state index is 12.8. The van der Waals surface area contributed by atoms with Crippen molar-refractivity contribution in [3.63, 3.8) is 0 Å². The van der Waals surface area contributed by atoms with E-state index in [1.165, 1.54) is 17.6 Å². The second kappa shape index (κ2) is 6.59. The van der Waals surface area contributed by atoms with E-state index >= 15 is 0 Å². The minimum atomic E-state index is -0.107. The van der Waals surface area contributed by atoms with Gasteiger partial charge in [0, 0.05) is 11.8 Å². The van der Waals surface area contributed by atoms with Crippen LogP contribution in [0.5, 0.6) is 0 Å². The predicted molar refractivity (Wildman–Crippen MR) is 105 cm³/mol. The maximum Gasteiger partial charge on any atom is 0.179 e. The fraction of sp³-hybridized carbons (Fsp3) is 0.0500. The third kappa shape index (κ3) is 2.82. The Morgan fingerprint density at radius 1 is 1.19 bits per heavy atom. The first-order chi connectivity index (χ1) is 13.1. The fourth-order valence-corrected chi connectivity index (χ4v) is 4.07. The molecule has 1 aromatic carbocycles. The zero-order chi connectivity index (χ0) is 19.0. The van der Waals surface area contributed by atoms with Gasteiger partial charge < -0.3 is 15.9 Å². The molecule has 27 heavy (non-hydrogen) atoms. The highest BCUT2D eigenvalue weighted by Crippen LogP contribution is 2.42. The summed E-state index contributed by atoms with van der Waals surface area (Å²) in [4.78, 5) is 18.0. The molecule has 4 N–H and O–H groups in total. The zero-order valence-corrected chi connectivity index (χ0v) is 14.9. The van der Waals surface area contributed by atoms with E-state index in [4.69, 9.17) is 15.9 Å². The molecule has 0 aliphatic rings. The smallest absolute Gasteiger partial charge is 0.179 e. The molecule has 0 aliphatic carbocycles. The van der Waals surface area contributed by atoms with E-state index in [1.54, 1.807) is 12.1 Å². The van der Waals surface area contributed by atoms with Gasteiger partial charge in [-0.3, -0.25) is 4.79 Å². The number of fused-ring (bicyclic) bond motifs is 1. The predicted octanol–water partition coefficient (Wildman–Crippen LogP) is 4.02. The van der Waals surface area contributed by atoms with Crippen molar-refractivity contribution in [1.82, 2.24) is 4.98 Å². The van der Waals surface area contributed by atoms with Gasteiger partial charge in [-0.05, 0) is 17.7 Å². The Morgan fingerprint density at radius 3 is 2.63 bits per heavy atom. The fourth-order valence-electron chi connectivity index (χ4n) is 3.02. The van der Waals surface area contributed by atoms with Gasteiger partial charge in [0.2, 0.25) is 0 Å². The average Bonchev–Trinajstić information content (AvgIpc) is 3.30. The Kier molecular flexibility index (Phi) is 4.11. The molecule has 0 fully saturated rings. The van der Waals surface area contributed by atoms with Crippen molar-refractivity contribution in [2.24, 2.45) is 0 Å². The van der Waals surface area contributed by atoms with Gasteiger partial charge in [-0.2, -0.15) is 5.26 Å². The summed E-state index contributed by atoms with van der Waals surface area (Å²) in [5, 5.41) is 10.1. The molecule has 0 amide bonds. The number of nitriles is 1. The summed E-state index contributed by atoms with van der Waals surface area (Å²) in [7, 11) is 0. The first kappa shape index (κ1) is 16.8. The normalized spacial score (nSPS) is 10.8. The van der Waals surface area contributed by atoms with Crippen molar-refractivity contribution < 1.29 is 9.21 Å². The summed E-state index contributed by atoms with van der Waals surface area (Å²) in [6.07, 6.45) is 1.73. The lowest BCUT2D eigenvalue weighted by atomic mass is 10.0. The number of nitrogen functional groups attached to an aromatic ring is 2. The first-order valence-corrected chi connectivity index (χ1v) is 8.94. The quantitative estimate of drug-likeness (QED) is 0.521. The lowest BCUT2D eigenvalue weighted by molar-refractivity contribution is 0.0997. The molecule has 0 radical (unpaired) electrons. The van der Waals surface area contributed by atoms with E-state index in [0.717, 1.165) is 5.56 Å². The Bertz CT molecular complexity index is 1190. The van der Waals surface area contributed by atoms with Crippen LogP contribution in [0.15, 0.2) is 53.1 Å². The molecular weight excluding hydrogens is 360 g/mol. The van der Waals surface area contributed by atoms with Crippen molar-refractivity contribution in [3.05, 3.63) is 64.7 Å². The van der Waals surface area contributed by atoms with Crippen LogP contribution in [0.1, 0.15) is 20.8 Å². The second-order valence-corrected chi connectivity index (χ2v) is 6.95. The van der Waals surface area contributed by atoms with Gasteiger partial charge in [-0.1, -0.05) is 30.3 Å². The molecule has 4 rings (SSSR count). The third-order valence-corrected chi connectivity index (χ3v) is 5.39. The van der Waals surface area contributed by atoms with E-state index in [9.17, 15) is 10.1 Å². The van der Waals surface area contributed by atoms with Crippen LogP contribution >= 0.6 is 11.3 Å². The number of ketones is 1. The zero-order valence-electron chi connectivity index (χ0n) is 14.1. The molecule has 3 heterocycles. The van der Waals surface area contributed by atoms with Crippen LogP contribution in [-0.2, 0) is 6.42 Å². The average molecular weight is 374 g/mol. The molecule has 0 bridgehead atoms. The van der Waals surface area contributed by atoms with Crippen LogP contribution in [0, 0.1) is 11.3 Å². The highest BCUT2D eigenvalue weighted by molar-refractivity contribution is 7.21. The van der Waals surface area contributed by atoms with Crippen LogP contribution in [0.4, 0.5) is 11.5 Å². The Balaban J connectivity index is 1.91. The SMILES string of the molecule is N#Cc1c(N)nc2sc(C(=O)Cc3ccccc3)c(N)c2c1-c1ccco1. The first-order valence-electron chi connectivity index (χ1n) is 8.12. The number of benzene rings is 1. The van der Waals surface area contributed by atoms with Crippen molar-refractivity contribution >= 4 is 38.8 Å². The number of rotatable bonds is 4. The minimum absolute atomic E-state index is 0.0831. The molecule has 0 aliphatic heterocycles. The lowest BCUT2D eigenvalue weighted by Gasteiger charge is -2.06. The van der Waals surface area contributed by atoms with Gasteiger partial charge in [-0.15, -0.1) is 11.3 Å². The van der Waals surface area contributed by atoms with Gasteiger partial charge >= 0.3 is 0 Å². The second-order valence-electron chi connectivity index (χ2n) is 5.95. The molecule has 3 aromatic heterocycles. The summed E-state index contributed by atoms with van der Waals surface area (Å²) in [6.45, 7) is 0. The lowest BCUT2D eigenvalue weighted by Crippen LogP contribution is -2.04. The molecule has 0 atom stereocenters. The van der Waals surface area contributed by atoms with Crippen molar-refractivity contribution in [2.75, 3.05) is 11.5 Å². The highest BCUT2D eigenvalue weighted by atomic mass is 32.1. The van der Waals surface area contributed by atoms with Gasteiger partial charge in [0.1, 0.15) is 28.0 Å². The number of Topliss-reactive ketones (excluding diaryl/α,β-unsaturated/α-hetero) is 1. The van der Waals surface area contributed by atoms with Crippen LogP contribution < -0.4 is 11.5 Å². The van der Waals surface area contributed by atoms with E-state index in [-0.39, 0.29) is 23.6 Å². The maximum atomic E-state index is 12.8. The summed E-state index contributed by atoms with van der Waals surface area (Å²) in [6, 6.07) is 14.9. The monoisotopic (exact) mass is 374 g/mol. The van der Waals surface area contributed by atoms with Gasteiger partial charge in [0.25, 0.3) is 0 Å². The molecule has 0 unspecified atom stereocenters. The number of pyridine rings is 1.